The number of aromatic nitrogens is 2. The molecule has 5 rings (SSSR count). The van der Waals surface area contributed by atoms with Gasteiger partial charge in [0.1, 0.15) is 5.82 Å². The van der Waals surface area contributed by atoms with Crippen LogP contribution in [0, 0.1) is 17.8 Å². The van der Waals surface area contributed by atoms with Gasteiger partial charge in [0.15, 0.2) is 0 Å². The molecule has 0 saturated heterocycles. The molecule has 4 aliphatic carbocycles. The maximum Gasteiger partial charge on any atom is 0.120 e. The van der Waals surface area contributed by atoms with Crippen molar-refractivity contribution in [1.29, 1.82) is 0 Å². The van der Waals surface area contributed by atoms with Gasteiger partial charge in [0.05, 0.1) is 6.54 Å². The molecule has 20 heavy (non-hydrogen) atoms. The maximum atomic E-state index is 4.63. The van der Waals surface area contributed by atoms with Crippen molar-refractivity contribution in [1.82, 2.24) is 15.3 Å². The van der Waals surface area contributed by atoms with E-state index in [0.29, 0.717) is 5.41 Å². The quantitative estimate of drug-likeness (QED) is 0.808. The first kappa shape index (κ1) is 12.9. The summed E-state index contributed by atoms with van der Waals surface area (Å²) in [5, 5.41) is 3.44. The van der Waals surface area contributed by atoms with Crippen molar-refractivity contribution in [3.8, 4) is 0 Å². The number of nitrogens with zero attached hydrogens (tertiary/aromatic N) is 1. The highest BCUT2D eigenvalue weighted by Crippen LogP contribution is 2.60. The lowest BCUT2D eigenvalue weighted by atomic mass is 9.49. The average Bonchev–Trinajstić information content (AvgIpc) is 2.87. The molecule has 1 heterocycles. The highest BCUT2D eigenvalue weighted by atomic mass is 15.0. The van der Waals surface area contributed by atoms with Crippen LogP contribution in [0.2, 0.25) is 0 Å². The molecule has 3 heteroatoms. The molecule has 0 atom stereocenters. The van der Waals surface area contributed by atoms with Gasteiger partial charge in [-0.15, -0.1) is 0 Å². The molecule has 4 fully saturated rings. The predicted octanol–water partition coefficient (Wildman–Crippen LogP) is 3.38. The molecule has 0 unspecified atom stereocenters. The molecule has 0 radical (unpaired) electrons. The second-order valence-corrected chi connectivity index (χ2v) is 7.62. The third-order valence-electron chi connectivity index (χ3n) is 5.96. The summed E-state index contributed by atoms with van der Waals surface area (Å²) >= 11 is 0. The largest absolute Gasteiger partial charge is 0.344 e. The number of imidazole rings is 1. The first-order chi connectivity index (χ1) is 9.77. The molecule has 3 nitrogen and oxygen atoms in total. The lowest BCUT2D eigenvalue weighted by Gasteiger charge is -2.56. The van der Waals surface area contributed by atoms with Gasteiger partial charge >= 0.3 is 0 Å². The van der Waals surface area contributed by atoms with Crippen LogP contribution in [0.25, 0.3) is 0 Å². The molecule has 0 amide bonds. The van der Waals surface area contributed by atoms with Gasteiger partial charge in [0, 0.05) is 17.3 Å². The lowest BCUT2D eigenvalue weighted by molar-refractivity contribution is -0.00706. The van der Waals surface area contributed by atoms with Crippen LogP contribution >= 0.6 is 0 Å². The van der Waals surface area contributed by atoms with Gasteiger partial charge in [0.2, 0.25) is 0 Å². The lowest BCUT2D eigenvalue weighted by Crippen LogP contribution is -2.48. The first-order valence-electron chi connectivity index (χ1n) is 8.52. The number of hydrogen-bond acceptors (Lipinski definition) is 2. The van der Waals surface area contributed by atoms with E-state index < -0.39 is 0 Å². The second kappa shape index (κ2) is 4.87. The molecule has 0 aromatic carbocycles. The van der Waals surface area contributed by atoms with Gasteiger partial charge in [-0.2, -0.15) is 0 Å². The minimum absolute atomic E-state index is 0.463. The van der Waals surface area contributed by atoms with Crippen LogP contribution in [0.4, 0.5) is 0 Å². The van der Waals surface area contributed by atoms with E-state index in [0.717, 1.165) is 36.7 Å². The number of rotatable bonds is 5. The van der Waals surface area contributed by atoms with E-state index in [4.69, 9.17) is 0 Å². The fourth-order valence-electron chi connectivity index (χ4n) is 5.55. The third kappa shape index (κ3) is 2.11. The van der Waals surface area contributed by atoms with Crippen LogP contribution in [0.3, 0.4) is 0 Å². The molecule has 0 aliphatic heterocycles. The Bertz CT molecular complexity index is 441. The van der Waals surface area contributed by atoms with Crippen molar-refractivity contribution >= 4 is 0 Å². The molecule has 0 spiro atoms. The molecule has 4 aliphatic rings. The number of nitrogens with one attached hydrogen (secondary N) is 2. The van der Waals surface area contributed by atoms with E-state index in [1.165, 1.54) is 50.6 Å². The van der Waals surface area contributed by atoms with Gasteiger partial charge in [-0.1, -0.05) is 6.92 Å². The first-order valence-corrected chi connectivity index (χ1v) is 8.52. The van der Waals surface area contributed by atoms with E-state index in [9.17, 15) is 0 Å². The molecule has 4 saturated carbocycles. The topological polar surface area (TPSA) is 40.7 Å². The van der Waals surface area contributed by atoms with Gasteiger partial charge < -0.3 is 10.3 Å². The van der Waals surface area contributed by atoms with Gasteiger partial charge in [-0.05, 0) is 69.2 Å². The van der Waals surface area contributed by atoms with E-state index in [-0.39, 0.29) is 0 Å². The Labute approximate surface area is 122 Å². The van der Waals surface area contributed by atoms with Crippen LogP contribution in [0.1, 0.15) is 63.4 Å². The van der Waals surface area contributed by atoms with Crippen molar-refractivity contribution in [2.45, 2.75) is 63.8 Å². The zero-order valence-electron chi connectivity index (χ0n) is 12.6. The van der Waals surface area contributed by atoms with Gasteiger partial charge in [-0.25, -0.2) is 4.98 Å². The zero-order chi connectivity index (χ0) is 13.6. The van der Waals surface area contributed by atoms with E-state index in [2.05, 4.69) is 28.4 Å². The highest BCUT2D eigenvalue weighted by molar-refractivity contribution is 5.22. The summed E-state index contributed by atoms with van der Waals surface area (Å²) in [6, 6.07) is 0. The summed E-state index contributed by atoms with van der Waals surface area (Å²) in [6.07, 6.45) is 12.1. The fraction of sp³-hybridized carbons (Fsp3) is 0.824. The van der Waals surface area contributed by atoms with Gasteiger partial charge in [0.25, 0.3) is 0 Å². The smallest absolute Gasteiger partial charge is 0.120 e. The van der Waals surface area contributed by atoms with E-state index in [1.54, 1.807) is 0 Å². The van der Waals surface area contributed by atoms with Crippen LogP contribution in [-0.4, -0.2) is 16.5 Å². The van der Waals surface area contributed by atoms with Crippen molar-refractivity contribution in [3.05, 3.63) is 17.7 Å². The molecule has 4 bridgehead atoms. The van der Waals surface area contributed by atoms with Crippen molar-refractivity contribution in [2.24, 2.45) is 17.8 Å². The Morgan fingerprint density at radius 3 is 2.45 bits per heavy atom. The van der Waals surface area contributed by atoms with Crippen LogP contribution in [0.5, 0.6) is 0 Å². The van der Waals surface area contributed by atoms with Gasteiger partial charge in [-0.3, -0.25) is 0 Å². The third-order valence-corrected chi connectivity index (χ3v) is 5.96. The number of hydrogen-bond donors (Lipinski definition) is 2. The van der Waals surface area contributed by atoms with Crippen LogP contribution in [-0.2, 0) is 12.0 Å². The number of H-pyrrole nitrogens is 1. The standard InChI is InChI=1S/C17H27N3/c1-2-3-18-11-16-19-10-15(20-16)17-7-12-4-13(8-17)6-14(5-12)9-17/h10,12-14,18H,2-9,11H2,1H3,(H,19,20). The summed E-state index contributed by atoms with van der Waals surface area (Å²) in [7, 11) is 0. The zero-order valence-corrected chi connectivity index (χ0v) is 12.6. The second-order valence-electron chi connectivity index (χ2n) is 7.62. The Morgan fingerprint density at radius 2 is 1.85 bits per heavy atom. The normalized spacial score (nSPS) is 38.5. The van der Waals surface area contributed by atoms with Crippen LogP contribution in [0.15, 0.2) is 6.20 Å². The average molecular weight is 273 g/mol. The van der Waals surface area contributed by atoms with Crippen molar-refractivity contribution < 1.29 is 0 Å². The summed E-state index contributed by atoms with van der Waals surface area (Å²) < 4.78 is 0. The molecule has 1 aromatic rings. The Balaban J connectivity index is 1.52. The SMILES string of the molecule is CCCNCc1ncc(C23CC4CC(CC(C4)C2)C3)[nH]1. The number of aromatic amines is 1. The van der Waals surface area contributed by atoms with E-state index in [1.807, 2.05) is 0 Å². The Hall–Kier alpha value is -0.830. The molecule has 2 N–H and O–H groups in total. The maximum absolute atomic E-state index is 4.63. The predicted molar refractivity (Wildman–Crippen MR) is 80.4 cm³/mol. The Kier molecular flexibility index (Phi) is 3.13. The monoisotopic (exact) mass is 273 g/mol. The molecule has 1 aromatic heterocycles. The fourth-order valence-corrected chi connectivity index (χ4v) is 5.55. The Morgan fingerprint density at radius 1 is 1.20 bits per heavy atom. The summed E-state index contributed by atoms with van der Waals surface area (Å²) in [6.45, 7) is 4.17. The van der Waals surface area contributed by atoms with Crippen molar-refractivity contribution in [3.63, 3.8) is 0 Å². The molecular weight excluding hydrogens is 246 g/mol. The molecule has 110 valence electrons. The summed E-state index contributed by atoms with van der Waals surface area (Å²) in [4.78, 5) is 8.28. The highest BCUT2D eigenvalue weighted by Gasteiger charge is 2.52. The summed E-state index contributed by atoms with van der Waals surface area (Å²) in [5.41, 5.74) is 1.91. The minimum Gasteiger partial charge on any atom is -0.344 e. The minimum atomic E-state index is 0.463. The van der Waals surface area contributed by atoms with Crippen molar-refractivity contribution in [2.75, 3.05) is 6.54 Å². The van der Waals surface area contributed by atoms with Crippen LogP contribution < -0.4 is 5.32 Å². The van der Waals surface area contributed by atoms with E-state index >= 15 is 0 Å². The molecular formula is C17H27N3. The summed E-state index contributed by atoms with van der Waals surface area (Å²) in [5.74, 6) is 4.15.